The van der Waals surface area contributed by atoms with Gasteiger partial charge in [0.2, 0.25) is 5.91 Å². The molecule has 1 aromatic heterocycles. The van der Waals surface area contributed by atoms with Gasteiger partial charge >= 0.3 is 0 Å². The predicted octanol–water partition coefficient (Wildman–Crippen LogP) is 3.50. The highest BCUT2D eigenvalue weighted by molar-refractivity contribution is 7.98. The van der Waals surface area contributed by atoms with E-state index < -0.39 is 10.8 Å². The molecule has 9 heteroatoms. The number of benzene rings is 2. The van der Waals surface area contributed by atoms with Gasteiger partial charge in [0.15, 0.2) is 5.16 Å². The third-order valence-corrected chi connectivity index (χ3v) is 5.51. The number of nitro groups is 1. The maximum Gasteiger partial charge on any atom is 0.274 e. The van der Waals surface area contributed by atoms with Crippen LogP contribution in [0.4, 0.5) is 5.69 Å². The number of rotatable bonds is 8. The molecule has 1 amide bonds. The average Bonchev–Trinajstić information content (AvgIpc) is 2.71. The van der Waals surface area contributed by atoms with Crippen LogP contribution in [0.2, 0.25) is 0 Å². The van der Waals surface area contributed by atoms with Crippen molar-refractivity contribution in [3.8, 4) is 0 Å². The van der Waals surface area contributed by atoms with E-state index in [2.05, 4.69) is 4.98 Å². The summed E-state index contributed by atoms with van der Waals surface area (Å²) in [5.41, 5.74) is 6.01. The molecule has 3 aromatic rings. The molecule has 0 fully saturated rings. The standard InChI is InChI=1S/C20H20N4O4S/c1-2-3-10-23-19(26)15-6-4-5-7-16(15)22-20(23)29-12-14-9-8-13(18(21)25)11-17(14)24(27)28/h4-9,11H,2-3,10,12H2,1H3,(H2,21,25). The zero-order chi connectivity index (χ0) is 21.0. The zero-order valence-electron chi connectivity index (χ0n) is 15.8. The molecule has 0 radical (unpaired) electrons. The first kappa shape index (κ1) is 20.5. The molecule has 29 heavy (non-hydrogen) atoms. The van der Waals surface area contributed by atoms with E-state index in [-0.39, 0.29) is 22.6 Å². The molecule has 2 aromatic carbocycles. The minimum Gasteiger partial charge on any atom is -0.366 e. The Morgan fingerprint density at radius 1 is 1.28 bits per heavy atom. The Kier molecular flexibility index (Phi) is 6.28. The molecule has 1 heterocycles. The fourth-order valence-electron chi connectivity index (χ4n) is 2.92. The lowest BCUT2D eigenvalue weighted by molar-refractivity contribution is -0.385. The van der Waals surface area contributed by atoms with Gasteiger partial charge < -0.3 is 5.73 Å². The number of carbonyl (C=O) groups excluding carboxylic acids is 1. The van der Waals surface area contributed by atoms with Crippen molar-refractivity contribution < 1.29 is 9.72 Å². The number of carbonyl (C=O) groups is 1. The monoisotopic (exact) mass is 412 g/mol. The lowest BCUT2D eigenvalue weighted by Crippen LogP contribution is -2.23. The smallest absolute Gasteiger partial charge is 0.274 e. The summed E-state index contributed by atoms with van der Waals surface area (Å²) in [5, 5.41) is 12.5. The summed E-state index contributed by atoms with van der Waals surface area (Å²) in [7, 11) is 0. The Hall–Kier alpha value is -3.20. The number of primary amides is 1. The van der Waals surface area contributed by atoms with Crippen LogP contribution in [0.5, 0.6) is 0 Å². The number of hydrogen-bond donors (Lipinski definition) is 1. The van der Waals surface area contributed by atoms with E-state index in [1.807, 2.05) is 13.0 Å². The molecule has 0 saturated heterocycles. The fraction of sp³-hybridized carbons (Fsp3) is 0.250. The Balaban J connectivity index is 1.99. The zero-order valence-corrected chi connectivity index (χ0v) is 16.6. The van der Waals surface area contributed by atoms with Crippen molar-refractivity contribution in [2.75, 3.05) is 0 Å². The predicted molar refractivity (Wildman–Crippen MR) is 112 cm³/mol. The Bertz CT molecular complexity index is 1140. The van der Waals surface area contributed by atoms with Gasteiger partial charge in [-0.2, -0.15) is 0 Å². The minimum atomic E-state index is -0.725. The molecular weight excluding hydrogens is 392 g/mol. The normalized spacial score (nSPS) is 10.9. The summed E-state index contributed by atoms with van der Waals surface area (Å²) in [6.45, 7) is 2.56. The molecule has 8 nitrogen and oxygen atoms in total. The highest BCUT2D eigenvalue weighted by Crippen LogP contribution is 2.28. The number of nitrogens with two attached hydrogens (primary N) is 1. The molecule has 0 unspecified atom stereocenters. The van der Waals surface area contributed by atoms with Gasteiger partial charge in [0.05, 0.1) is 15.8 Å². The molecule has 0 aliphatic heterocycles. The SMILES string of the molecule is CCCCn1c(SCc2ccc(C(N)=O)cc2[N+](=O)[O-])nc2ccccc2c1=O. The maximum atomic E-state index is 12.9. The van der Waals surface area contributed by atoms with Gasteiger partial charge in [-0.15, -0.1) is 0 Å². The minimum absolute atomic E-state index is 0.0779. The quantitative estimate of drug-likeness (QED) is 0.262. The lowest BCUT2D eigenvalue weighted by atomic mass is 10.1. The van der Waals surface area contributed by atoms with E-state index in [9.17, 15) is 19.7 Å². The number of amides is 1. The van der Waals surface area contributed by atoms with Crippen LogP contribution in [0.3, 0.4) is 0 Å². The van der Waals surface area contributed by atoms with Crippen molar-refractivity contribution in [3.63, 3.8) is 0 Å². The molecule has 0 bridgehead atoms. The molecule has 0 aliphatic rings. The molecular formula is C20H20N4O4S. The second-order valence-corrected chi connectivity index (χ2v) is 7.42. The van der Waals surface area contributed by atoms with Gasteiger partial charge in [0.25, 0.3) is 11.2 Å². The Morgan fingerprint density at radius 3 is 2.72 bits per heavy atom. The van der Waals surface area contributed by atoms with Crippen LogP contribution in [-0.2, 0) is 12.3 Å². The summed E-state index contributed by atoms with van der Waals surface area (Å²) in [6.07, 6.45) is 1.74. The van der Waals surface area contributed by atoms with Crippen molar-refractivity contribution in [3.05, 3.63) is 74.1 Å². The molecule has 0 saturated carbocycles. The topological polar surface area (TPSA) is 121 Å². The lowest BCUT2D eigenvalue weighted by Gasteiger charge is -2.13. The van der Waals surface area contributed by atoms with Gasteiger partial charge in [-0.1, -0.05) is 43.3 Å². The number of thioether (sulfide) groups is 1. The number of para-hydroxylation sites is 1. The fourth-order valence-corrected chi connectivity index (χ4v) is 3.94. The van der Waals surface area contributed by atoms with E-state index in [0.29, 0.717) is 28.2 Å². The van der Waals surface area contributed by atoms with E-state index in [0.717, 1.165) is 12.8 Å². The number of nitrogens with zero attached hydrogens (tertiary/aromatic N) is 3. The van der Waals surface area contributed by atoms with Crippen LogP contribution in [-0.4, -0.2) is 20.4 Å². The number of aromatic nitrogens is 2. The number of fused-ring (bicyclic) bond motifs is 1. The molecule has 0 atom stereocenters. The van der Waals surface area contributed by atoms with E-state index in [1.54, 1.807) is 22.8 Å². The first-order valence-corrected chi connectivity index (χ1v) is 10.1. The molecule has 2 N–H and O–H groups in total. The summed E-state index contributed by atoms with van der Waals surface area (Å²) >= 11 is 1.26. The maximum absolute atomic E-state index is 12.9. The van der Waals surface area contributed by atoms with E-state index in [4.69, 9.17) is 5.73 Å². The van der Waals surface area contributed by atoms with Crippen LogP contribution in [0.1, 0.15) is 35.7 Å². The van der Waals surface area contributed by atoms with Crippen molar-refractivity contribution in [2.24, 2.45) is 5.73 Å². The number of unbranched alkanes of at least 4 members (excludes halogenated alkanes) is 1. The van der Waals surface area contributed by atoms with Crippen LogP contribution < -0.4 is 11.3 Å². The Morgan fingerprint density at radius 2 is 2.03 bits per heavy atom. The second kappa shape index (κ2) is 8.87. The van der Waals surface area contributed by atoms with Crippen LogP contribution in [0, 0.1) is 10.1 Å². The largest absolute Gasteiger partial charge is 0.366 e. The van der Waals surface area contributed by atoms with E-state index in [1.165, 1.54) is 30.0 Å². The molecule has 0 aliphatic carbocycles. The summed E-state index contributed by atoms with van der Waals surface area (Å²) in [4.78, 5) is 39.7. The van der Waals surface area contributed by atoms with Gasteiger partial charge in [0.1, 0.15) is 0 Å². The van der Waals surface area contributed by atoms with Crippen molar-refractivity contribution in [1.29, 1.82) is 0 Å². The molecule has 3 rings (SSSR count). The first-order chi connectivity index (χ1) is 13.9. The van der Waals surface area contributed by atoms with Crippen LogP contribution >= 0.6 is 11.8 Å². The Labute approximate surface area is 170 Å². The van der Waals surface area contributed by atoms with Gasteiger partial charge in [-0.25, -0.2) is 4.98 Å². The average molecular weight is 412 g/mol. The summed E-state index contributed by atoms with van der Waals surface area (Å²) < 4.78 is 1.63. The highest BCUT2D eigenvalue weighted by Gasteiger charge is 2.18. The first-order valence-electron chi connectivity index (χ1n) is 9.12. The van der Waals surface area contributed by atoms with Crippen LogP contribution in [0.25, 0.3) is 10.9 Å². The van der Waals surface area contributed by atoms with Gasteiger partial charge in [0, 0.05) is 29.5 Å². The van der Waals surface area contributed by atoms with Crippen molar-refractivity contribution >= 4 is 34.3 Å². The second-order valence-electron chi connectivity index (χ2n) is 6.48. The summed E-state index contributed by atoms with van der Waals surface area (Å²) in [6, 6.07) is 11.3. The van der Waals surface area contributed by atoms with Crippen molar-refractivity contribution in [2.45, 2.75) is 37.2 Å². The highest BCUT2D eigenvalue weighted by atomic mass is 32.2. The summed E-state index contributed by atoms with van der Waals surface area (Å²) in [5.74, 6) is -0.497. The van der Waals surface area contributed by atoms with Gasteiger partial charge in [-0.3, -0.25) is 24.3 Å². The van der Waals surface area contributed by atoms with Crippen molar-refractivity contribution in [1.82, 2.24) is 9.55 Å². The molecule has 0 spiro atoms. The molecule has 150 valence electrons. The van der Waals surface area contributed by atoms with Crippen LogP contribution in [0.15, 0.2) is 52.4 Å². The van der Waals surface area contributed by atoms with E-state index >= 15 is 0 Å². The number of hydrogen-bond acceptors (Lipinski definition) is 6. The van der Waals surface area contributed by atoms with Gasteiger partial charge in [-0.05, 0) is 24.6 Å². The number of nitro benzene ring substituents is 1. The third-order valence-electron chi connectivity index (χ3n) is 4.49. The third kappa shape index (κ3) is 4.45.